The maximum Gasteiger partial charge on any atom is 0.262 e. The summed E-state index contributed by atoms with van der Waals surface area (Å²) in [5, 5.41) is 3.40. The third-order valence-corrected chi connectivity index (χ3v) is 6.37. The zero-order valence-electron chi connectivity index (χ0n) is 15.1. The van der Waals surface area contributed by atoms with Crippen molar-refractivity contribution < 1.29 is 17.9 Å². The minimum Gasteiger partial charge on any atom is -0.482 e. The van der Waals surface area contributed by atoms with E-state index in [0.29, 0.717) is 21.5 Å². The van der Waals surface area contributed by atoms with Crippen LogP contribution in [-0.4, -0.2) is 38.3 Å². The predicted molar refractivity (Wildman–Crippen MR) is 107 cm³/mol. The second kappa shape index (κ2) is 8.93. The summed E-state index contributed by atoms with van der Waals surface area (Å²) in [5.41, 5.74) is 0.456. The van der Waals surface area contributed by atoms with Crippen molar-refractivity contribution in [1.29, 1.82) is 0 Å². The normalized spacial score (nSPS) is 11.7. The fourth-order valence-corrected chi connectivity index (χ4v) is 3.92. The molecule has 9 heteroatoms. The van der Waals surface area contributed by atoms with Crippen LogP contribution >= 0.6 is 23.2 Å². The van der Waals surface area contributed by atoms with Crippen LogP contribution in [-0.2, 0) is 14.8 Å². The number of hydrogen-bond acceptors (Lipinski definition) is 4. The number of hydrogen-bond donors (Lipinski definition) is 1. The Bertz CT molecular complexity index is 915. The molecular weight excluding hydrogens is 411 g/mol. The predicted octanol–water partition coefficient (Wildman–Crippen LogP) is 4.04. The van der Waals surface area contributed by atoms with Crippen LogP contribution in [0.25, 0.3) is 0 Å². The monoisotopic (exact) mass is 430 g/mol. The lowest BCUT2D eigenvalue weighted by Gasteiger charge is -2.21. The molecule has 2 aromatic carbocycles. The number of rotatable bonds is 7. The maximum atomic E-state index is 12.4. The van der Waals surface area contributed by atoms with Gasteiger partial charge in [0, 0.05) is 23.8 Å². The molecule has 0 bridgehead atoms. The van der Waals surface area contributed by atoms with Crippen LogP contribution in [0.3, 0.4) is 0 Å². The summed E-state index contributed by atoms with van der Waals surface area (Å²) in [6.45, 7) is 3.33. The van der Waals surface area contributed by atoms with E-state index in [1.54, 1.807) is 26.0 Å². The van der Waals surface area contributed by atoms with Crippen molar-refractivity contribution in [2.75, 3.05) is 19.0 Å². The van der Waals surface area contributed by atoms with Gasteiger partial charge in [-0.25, -0.2) is 8.42 Å². The molecular formula is C18H20Cl2N2O4S. The standard InChI is InChI=1S/C18H20Cl2N2O4S/c1-12(2)22(3)27(24,25)15-7-5-14(6-8-15)21-18(23)11-26-17-9-4-13(19)10-16(17)20/h4-10,12H,11H2,1-3H3,(H,21,23). The lowest BCUT2D eigenvalue weighted by atomic mass is 10.3. The van der Waals surface area contributed by atoms with E-state index in [0.717, 1.165) is 0 Å². The molecule has 0 fully saturated rings. The summed E-state index contributed by atoms with van der Waals surface area (Å²) in [6.07, 6.45) is 0. The van der Waals surface area contributed by atoms with Gasteiger partial charge in [0.05, 0.1) is 9.92 Å². The van der Waals surface area contributed by atoms with Crippen molar-refractivity contribution in [3.05, 3.63) is 52.5 Å². The van der Waals surface area contributed by atoms with Crippen LogP contribution < -0.4 is 10.1 Å². The third-order valence-electron chi connectivity index (χ3n) is 3.79. The summed E-state index contributed by atoms with van der Waals surface area (Å²) in [4.78, 5) is 12.2. The van der Waals surface area contributed by atoms with E-state index in [1.165, 1.54) is 41.7 Å². The molecule has 2 rings (SSSR count). The Labute approximate surface area is 169 Å². The Morgan fingerprint density at radius 3 is 2.33 bits per heavy atom. The van der Waals surface area contributed by atoms with Crippen LogP contribution in [0.1, 0.15) is 13.8 Å². The van der Waals surface area contributed by atoms with E-state index in [9.17, 15) is 13.2 Å². The lowest BCUT2D eigenvalue weighted by molar-refractivity contribution is -0.118. The zero-order chi connectivity index (χ0) is 20.2. The van der Waals surface area contributed by atoms with Gasteiger partial charge in [-0.15, -0.1) is 0 Å². The number of halogens is 2. The first-order chi connectivity index (χ1) is 12.6. The first-order valence-corrected chi connectivity index (χ1v) is 10.3. The largest absolute Gasteiger partial charge is 0.482 e. The second-order valence-electron chi connectivity index (χ2n) is 6.05. The third kappa shape index (κ3) is 5.59. The van der Waals surface area contributed by atoms with Gasteiger partial charge in [-0.1, -0.05) is 23.2 Å². The summed E-state index contributed by atoms with van der Waals surface area (Å²) in [6, 6.07) is 10.5. The number of carbonyl (C=O) groups excluding carboxylic acids is 1. The molecule has 0 aliphatic carbocycles. The summed E-state index contributed by atoms with van der Waals surface area (Å²) in [7, 11) is -2.04. The van der Waals surface area contributed by atoms with Gasteiger partial charge >= 0.3 is 0 Å². The number of anilines is 1. The smallest absolute Gasteiger partial charge is 0.262 e. The number of sulfonamides is 1. The molecule has 2 aromatic rings. The molecule has 0 radical (unpaired) electrons. The van der Waals surface area contributed by atoms with E-state index in [2.05, 4.69) is 5.32 Å². The Balaban J connectivity index is 1.98. The highest BCUT2D eigenvalue weighted by Crippen LogP contribution is 2.27. The molecule has 0 aliphatic heterocycles. The van der Waals surface area contributed by atoms with Crippen LogP contribution in [0.2, 0.25) is 10.0 Å². The number of nitrogens with zero attached hydrogens (tertiary/aromatic N) is 1. The van der Waals surface area contributed by atoms with Crippen LogP contribution in [0.15, 0.2) is 47.4 Å². The molecule has 0 aliphatic rings. The molecule has 0 unspecified atom stereocenters. The van der Waals surface area contributed by atoms with Crippen molar-refractivity contribution in [2.45, 2.75) is 24.8 Å². The summed E-state index contributed by atoms with van der Waals surface area (Å²) in [5.74, 6) is -0.0645. The fourth-order valence-electron chi connectivity index (χ4n) is 2.09. The van der Waals surface area contributed by atoms with Gasteiger partial charge in [0.15, 0.2) is 6.61 Å². The van der Waals surface area contributed by atoms with Crippen LogP contribution in [0, 0.1) is 0 Å². The minimum atomic E-state index is -3.57. The Hall–Kier alpha value is -1.80. The average molecular weight is 431 g/mol. The van der Waals surface area contributed by atoms with Gasteiger partial charge < -0.3 is 10.1 Å². The Morgan fingerprint density at radius 2 is 1.78 bits per heavy atom. The second-order valence-corrected chi connectivity index (χ2v) is 8.89. The van der Waals surface area contributed by atoms with E-state index in [-0.39, 0.29) is 17.5 Å². The number of ether oxygens (including phenoxy) is 1. The average Bonchev–Trinajstić information content (AvgIpc) is 2.60. The number of carbonyl (C=O) groups is 1. The van der Waals surface area contributed by atoms with E-state index in [4.69, 9.17) is 27.9 Å². The molecule has 27 heavy (non-hydrogen) atoms. The van der Waals surface area contributed by atoms with Crippen molar-refractivity contribution in [2.24, 2.45) is 0 Å². The Morgan fingerprint density at radius 1 is 1.15 bits per heavy atom. The summed E-state index contributed by atoms with van der Waals surface area (Å²) < 4.78 is 31.5. The topological polar surface area (TPSA) is 75.7 Å². The van der Waals surface area contributed by atoms with Gasteiger partial charge in [-0.05, 0) is 56.3 Å². The number of benzene rings is 2. The van der Waals surface area contributed by atoms with Crippen LogP contribution in [0.5, 0.6) is 5.75 Å². The number of amides is 1. The molecule has 0 heterocycles. The van der Waals surface area contributed by atoms with Crippen molar-refractivity contribution >= 4 is 44.8 Å². The highest BCUT2D eigenvalue weighted by molar-refractivity contribution is 7.89. The van der Waals surface area contributed by atoms with Gasteiger partial charge in [0.25, 0.3) is 5.91 Å². The van der Waals surface area contributed by atoms with E-state index in [1.807, 2.05) is 0 Å². The van der Waals surface area contributed by atoms with E-state index < -0.39 is 15.9 Å². The summed E-state index contributed by atoms with van der Waals surface area (Å²) >= 11 is 11.8. The van der Waals surface area contributed by atoms with Gasteiger partial charge in [-0.3, -0.25) is 4.79 Å². The first-order valence-electron chi connectivity index (χ1n) is 8.07. The maximum absolute atomic E-state index is 12.4. The van der Waals surface area contributed by atoms with Crippen molar-refractivity contribution in [3.8, 4) is 5.75 Å². The first kappa shape index (κ1) is 21.5. The van der Waals surface area contributed by atoms with Crippen molar-refractivity contribution in [3.63, 3.8) is 0 Å². The van der Waals surface area contributed by atoms with Gasteiger partial charge in [-0.2, -0.15) is 4.31 Å². The molecule has 1 N–H and O–H groups in total. The Kier molecular flexibility index (Phi) is 7.11. The molecule has 0 atom stereocenters. The van der Waals surface area contributed by atoms with Crippen LogP contribution in [0.4, 0.5) is 5.69 Å². The highest BCUT2D eigenvalue weighted by atomic mass is 35.5. The fraction of sp³-hybridized carbons (Fsp3) is 0.278. The lowest BCUT2D eigenvalue weighted by Crippen LogP contribution is -2.33. The molecule has 146 valence electrons. The molecule has 0 saturated carbocycles. The van der Waals surface area contributed by atoms with Gasteiger partial charge in [0.1, 0.15) is 5.75 Å². The van der Waals surface area contributed by atoms with Gasteiger partial charge in [0.2, 0.25) is 10.0 Å². The minimum absolute atomic E-state index is 0.154. The van der Waals surface area contributed by atoms with Crippen molar-refractivity contribution in [1.82, 2.24) is 4.31 Å². The highest BCUT2D eigenvalue weighted by Gasteiger charge is 2.22. The molecule has 0 aromatic heterocycles. The molecule has 0 saturated heterocycles. The molecule has 1 amide bonds. The molecule has 0 spiro atoms. The molecule has 6 nitrogen and oxygen atoms in total. The zero-order valence-corrected chi connectivity index (χ0v) is 17.4. The SMILES string of the molecule is CC(C)N(C)S(=O)(=O)c1ccc(NC(=O)COc2ccc(Cl)cc2Cl)cc1. The van der Waals surface area contributed by atoms with E-state index >= 15 is 0 Å². The quantitative estimate of drug-likeness (QED) is 0.718. The number of nitrogens with one attached hydrogen (secondary N) is 1.